The Morgan fingerprint density at radius 3 is 2.45 bits per heavy atom. The zero-order valence-corrected chi connectivity index (χ0v) is 18.7. The van der Waals surface area contributed by atoms with Gasteiger partial charge in [-0.3, -0.25) is 14.5 Å². The molecule has 1 aromatic carbocycles. The molecular formula is C22H30N4O2S. The minimum Gasteiger partial charge on any atom is -0.325 e. The molecule has 1 aliphatic rings. The number of hydrogen-bond donors (Lipinski definition) is 2. The molecule has 29 heavy (non-hydrogen) atoms. The number of carbonyl (C=O) groups excluding carboxylic acids is 2. The predicted molar refractivity (Wildman–Crippen MR) is 119 cm³/mol. The Kier molecular flexibility index (Phi) is 6.70. The average Bonchev–Trinajstić information content (AvgIpc) is 2.95. The van der Waals surface area contributed by atoms with E-state index < -0.39 is 0 Å². The maximum atomic E-state index is 12.9. The number of nitrogens with zero attached hydrogens (tertiary/aromatic N) is 2. The molecule has 6 nitrogen and oxygen atoms in total. The van der Waals surface area contributed by atoms with Crippen molar-refractivity contribution in [2.24, 2.45) is 5.92 Å². The highest BCUT2D eigenvalue weighted by Crippen LogP contribution is 2.25. The summed E-state index contributed by atoms with van der Waals surface area (Å²) < 4.78 is 0. The summed E-state index contributed by atoms with van der Waals surface area (Å²) >= 11 is 1.49. The maximum absolute atomic E-state index is 12.9. The van der Waals surface area contributed by atoms with Gasteiger partial charge in [-0.2, -0.15) is 0 Å². The number of likely N-dealkylation sites (tertiary alicyclic amines) is 1. The average molecular weight is 415 g/mol. The first-order valence-electron chi connectivity index (χ1n) is 10.1. The van der Waals surface area contributed by atoms with Crippen LogP contribution in [0.5, 0.6) is 0 Å². The fourth-order valence-corrected chi connectivity index (χ4v) is 4.73. The Morgan fingerprint density at radius 2 is 1.83 bits per heavy atom. The topological polar surface area (TPSA) is 74.3 Å². The van der Waals surface area contributed by atoms with E-state index >= 15 is 0 Å². The molecule has 0 radical (unpaired) electrons. The van der Waals surface area contributed by atoms with Gasteiger partial charge in [0.05, 0.1) is 18.2 Å². The Bertz CT molecular complexity index is 879. The molecule has 2 amide bonds. The van der Waals surface area contributed by atoms with Crippen LogP contribution in [0.1, 0.15) is 40.1 Å². The fraction of sp³-hybridized carbons (Fsp3) is 0.500. The number of benzene rings is 1. The SMILES string of the molecule is Cc1cc(C)c(NC(=O)C2CCCN(CC(=O)Nc3nc(C)c(C)s3)C2)c(C)c1. The molecular weight excluding hydrogens is 384 g/mol. The van der Waals surface area contributed by atoms with Gasteiger partial charge in [-0.15, -0.1) is 11.3 Å². The van der Waals surface area contributed by atoms with Gasteiger partial charge >= 0.3 is 0 Å². The van der Waals surface area contributed by atoms with Gasteiger partial charge in [0.1, 0.15) is 0 Å². The maximum Gasteiger partial charge on any atom is 0.240 e. The summed E-state index contributed by atoms with van der Waals surface area (Å²) in [5, 5.41) is 6.65. The summed E-state index contributed by atoms with van der Waals surface area (Å²) in [5.74, 6) is -0.151. The number of rotatable bonds is 5. The Morgan fingerprint density at radius 1 is 1.14 bits per heavy atom. The lowest BCUT2D eigenvalue weighted by molar-refractivity contribution is -0.123. The molecule has 2 heterocycles. The van der Waals surface area contributed by atoms with Crippen LogP contribution in [0.3, 0.4) is 0 Å². The summed E-state index contributed by atoms with van der Waals surface area (Å²) in [4.78, 5) is 32.8. The fourth-order valence-electron chi connectivity index (χ4n) is 3.90. The monoisotopic (exact) mass is 414 g/mol. The van der Waals surface area contributed by atoms with Crippen molar-refractivity contribution in [1.82, 2.24) is 9.88 Å². The van der Waals surface area contributed by atoms with E-state index in [0.717, 1.165) is 46.8 Å². The van der Waals surface area contributed by atoms with Gasteiger partial charge in [-0.1, -0.05) is 17.7 Å². The van der Waals surface area contributed by atoms with Crippen LogP contribution in [0.2, 0.25) is 0 Å². The molecule has 1 unspecified atom stereocenters. The van der Waals surface area contributed by atoms with Crippen molar-refractivity contribution in [3.05, 3.63) is 39.4 Å². The molecule has 3 rings (SSSR count). The number of amides is 2. The first-order valence-corrected chi connectivity index (χ1v) is 10.9. The number of carbonyl (C=O) groups is 2. The van der Waals surface area contributed by atoms with E-state index in [1.165, 1.54) is 16.9 Å². The summed E-state index contributed by atoms with van der Waals surface area (Å²) in [6, 6.07) is 4.17. The summed E-state index contributed by atoms with van der Waals surface area (Å²) in [6.45, 7) is 11.7. The molecule has 0 aliphatic carbocycles. The summed E-state index contributed by atoms with van der Waals surface area (Å²) in [5.41, 5.74) is 5.21. The van der Waals surface area contributed by atoms with E-state index in [1.807, 2.05) is 27.7 Å². The lowest BCUT2D eigenvalue weighted by atomic mass is 9.96. The van der Waals surface area contributed by atoms with Gasteiger partial charge in [0.2, 0.25) is 11.8 Å². The zero-order valence-electron chi connectivity index (χ0n) is 17.9. The Balaban J connectivity index is 1.57. The molecule has 0 bridgehead atoms. The third kappa shape index (κ3) is 5.42. The van der Waals surface area contributed by atoms with Gasteiger partial charge in [0.15, 0.2) is 5.13 Å². The van der Waals surface area contributed by atoms with Crippen molar-refractivity contribution in [2.45, 2.75) is 47.5 Å². The largest absolute Gasteiger partial charge is 0.325 e. The van der Waals surface area contributed by atoms with Crippen molar-refractivity contribution < 1.29 is 9.59 Å². The van der Waals surface area contributed by atoms with Crippen LogP contribution in [0.4, 0.5) is 10.8 Å². The first-order chi connectivity index (χ1) is 13.7. The van der Waals surface area contributed by atoms with Crippen LogP contribution >= 0.6 is 11.3 Å². The van der Waals surface area contributed by atoms with E-state index in [-0.39, 0.29) is 24.3 Å². The van der Waals surface area contributed by atoms with Gasteiger partial charge in [-0.05, 0) is 65.1 Å². The van der Waals surface area contributed by atoms with E-state index in [1.54, 1.807) is 0 Å². The third-order valence-electron chi connectivity index (χ3n) is 5.44. The molecule has 1 atom stereocenters. The number of nitrogens with one attached hydrogen (secondary N) is 2. The molecule has 2 N–H and O–H groups in total. The second-order valence-corrected chi connectivity index (χ2v) is 9.25. The molecule has 2 aromatic rings. The predicted octanol–water partition coefficient (Wildman–Crippen LogP) is 3.97. The normalized spacial score (nSPS) is 17.2. The van der Waals surface area contributed by atoms with Crippen LogP contribution in [-0.2, 0) is 9.59 Å². The van der Waals surface area contributed by atoms with Crippen molar-refractivity contribution >= 4 is 34.0 Å². The van der Waals surface area contributed by atoms with Crippen LogP contribution in [0.25, 0.3) is 0 Å². The molecule has 1 aromatic heterocycles. The standard InChI is InChI=1S/C22H30N4O2S/c1-13-9-14(2)20(15(3)10-13)25-21(28)18-7-6-8-26(11-18)12-19(27)24-22-23-16(4)17(5)29-22/h9-10,18H,6-8,11-12H2,1-5H3,(H,25,28)(H,23,24,27). The Hall–Kier alpha value is -2.25. The lowest BCUT2D eigenvalue weighted by Gasteiger charge is -2.31. The van der Waals surface area contributed by atoms with E-state index in [0.29, 0.717) is 11.7 Å². The highest BCUT2D eigenvalue weighted by Gasteiger charge is 2.27. The van der Waals surface area contributed by atoms with Crippen molar-refractivity contribution in [1.29, 1.82) is 0 Å². The number of piperidine rings is 1. The van der Waals surface area contributed by atoms with Gasteiger partial charge in [0.25, 0.3) is 0 Å². The van der Waals surface area contributed by atoms with Crippen LogP contribution < -0.4 is 10.6 Å². The number of aromatic nitrogens is 1. The molecule has 1 aliphatic heterocycles. The number of hydrogen-bond acceptors (Lipinski definition) is 5. The second kappa shape index (κ2) is 9.05. The molecule has 1 fully saturated rings. The minimum atomic E-state index is -0.110. The highest BCUT2D eigenvalue weighted by atomic mass is 32.1. The number of thiazole rings is 1. The molecule has 0 saturated carbocycles. The highest BCUT2D eigenvalue weighted by molar-refractivity contribution is 7.15. The number of anilines is 2. The third-order valence-corrected chi connectivity index (χ3v) is 6.43. The van der Waals surface area contributed by atoms with E-state index in [4.69, 9.17) is 0 Å². The zero-order chi connectivity index (χ0) is 21.1. The summed E-state index contributed by atoms with van der Waals surface area (Å²) in [6.07, 6.45) is 1.76. The molecule has 156 valence electrons. The van der Waals surface area contributed by atoms with Gasteiger partial charge in [0, 0.05) is 17.1 Å². The van der Waals surface area contributed by atoms with Crippen LogP contribution in [0.15, 0.2) is 12.1 Å². The first kappa shape index (κ1) is 21.5. The van der Waals surface area contributed by atoms with Crippen molar-refractivity contribution in [3.8, 4) is 0 Å². The van der Waals surface area contributed by atoms with E-state index in [9.17, 15) is 9.59 Å². The molecule has 1 saturated heterocycles. The van der Waals surface area contributed by atoms with Crippen LogP contribution in [0, 0.1) is 40.5 Å². The van der Waals surface area contributed by atoms with Gasteiger partial charge < -0.3 is 10.6 Å². The summed E-state index contributed by atoms with van der Waals surface area (Å²) in [7, 11) is 0. The second-order valence-electron chi connectivity index (χ2n) is 8.05. The van der Waals surface area contributed by atoms with Crippen LogP contribution in [-0.4, -0.2) is 41.3 Å². The smallest absolute Gasteiger partial charge is 0.240 e. The number of aryl methyl sites for hydroxylation is 5. The quantitative estimate of drug-likeness (QED) is 0.776. The van der Waals surface area contributed by atoms with Crippen molar-refractivity contribution in [2.75, 3.05) is 30.3 Å². The molecule has 0 spiro atoms. The Labute approximate surface area is 176 Å². The van der Waals surface area contributed by atoms with E-state index in [2.05, 4.69) is 39.6 Å². The van der Waals surface area contributed by atoms with Crippen molar-refractivity contribution in [3.63, 3.8) is 0 Å². The lowest BCUT2D eigenvalue weighted by Crippen LogP contribution is -2.44. The van der Waals surface area contributed by atoms with Gasteiger partial charge in [-0.25, -0.2) is 4.98 Å². The molecule has 7 heteroatoms. The minimum absolute atomic E-state index is 0.0383.